The zero-order valence-corrected chi connectivity index (χ0v) is 19.1. The Morgan fingerprint density at radius 2 is 1.88 bits per heavy atom. The van der Waals surface area contributed by atoms with Gasteiger partial charge in [-0.15, -0.1) is 0 Å². The molecule has 34 heavy (non-hydrogen) atoms. The fourth-order valence-corrected chi connectivity index (χ4v) is 4.40. The van der Waals surface area contributed by atoms with E-state index in [1.807, 2.05) is 61.5 Å². The van der Waals surface area contributed by atoms with Crippen LogP contribution in [0.5, 0.6) is 0 Å². The minimum absolute atomic E-state index is 0.236. The number of pyridine rings is 2. The summed E-state index contributed by atoms with van der Waals surface area (Å²) in [4.78, 5) is 34.3. The molecule has 3 aromatic heterocycles. The number of nitrogens with zero attached hydrogens (tertiary/aromatic N) is 2. The van der Waals surface area contributed by atoms with Crippen LogP contribution in [0.1, 0.15) is 29.0 Å². The summed E-state index contributed by atoms with van der Waals surface area (Å²) in [6.45, 7) is 1.86. The number of rotatable bonds is 5. The molecule has 0 aliphatic carbocycles. The van der Waals surface area contributed by atoms with Gasteiger partial charge in [0.1, 0.15) is 0 Å². The Morgan fingerprint density at radius 1 is 1.06 bits per heavy atom. The molecule has 0 fully saturated rings. The first-order valence-electron chi connectivity index (χ1n) is 10.8. The fraction of sp³-hybridized carbons (Fsp3) is 0.0741. The van der Waals surface area contributed by atoms with Gasteiger partial charge in [0.2, 0.25) is 0 Å². The maximum Gasteiger partial charge on any atom is 0.264 e. The molecular weight excluding hydrogens is 448 g/mol. The molecule has 0 bridgehead atoms. The van der Waals surface area contributed by atoms with Gasteiger partial charge in [-0.2, -0.15) is 0 Å². The monoisotopic (exact) mass is 468 g/mol. The molecule has 0 aliphatic heterocycles. The molecule has 0 saturated carbocycles. The fourth-order valence-electron chi connectivity index (χ4n) is 4.14. The number of carbonyl (C=O) groups is 1. The Balaban J connectivity index is 1.60. The molecule has 2 aromatic carbocycles. The van der Waals surface area contributed by atoms with Crippen molar-refractivity contribution >= 4 is 28.3 Å². The first-order chi connectivity index (χ1) is 16.5. The number of aromatic amines is 1. The van der Waals surface area contributed by atoms with Crippen LogP contribution in [0.4, 0.5) is 0 Å². The first-order valence-corrected chi connectivity index (χ1v) is 11.2. The zero-order chi connectivity index (χ0) is 23.7. The highest BCUT2D eigenvalue weighted by Gasteiger charge is 2.21. The standard InChI is InChI=1S/C27H21ClN4O2/c1-17(31-26(33)21-10-6-13-30-25(21)19-12-14-29-16-19)23-15-18-7-5-11-22(28)24(18)27(34)32(23)20-8-3-2-4-9-20/h2-17,29H,1H3,(H,31,33)/t17-/m0/s1. The van der Waals surface area contributed by atoms with E-state index in [0.29, 0.717) is 33.0 Å². The summed E-state index contributed by atoms with van der Waals surface area (Å²) in [6, 6.07) is 21.4. The summed E-state index contributed by atoms with van der Waals surface area (Å²) in [5.41, 5.74) is 2.96. The topological polar surface area (TPSA) is 79.8 Å². The summed E-state index contributed by atoms with van der Waals surface area (Å²) >= 11 is 6.39. The normalized spacial score (nSPS) is 11.9. The van der Waals surface area contributed by atoms with E-state index >= 15 is 0 Å². The summed E-state index contributed by atoms with van der Waals surface area (Å²) in [5, 5.41) is 4.60. The van der Waals surface area contributed by atoms with Crippen LogP contribution >= 0.6 is 11.6 Å². The number of hydrogen-bond acceptors (Lipinski definition) is 3. The molecule has 6 nitrogen and oxygen atoms in total. The van der Waals surface area contributed by atoms with Gasteiger partial charge in [0.15, 0.2) is 0 Å². The van der Waals surface area contributed by atoms with Crippen LogP contribution in [-0.4, -0.2) is 20.4 Å². The molecule has 5 aromatic rings. The van der Waals surface area contributed by atoms with Crippen LogP contribution in [0.3, 0.4) is 0 Å². The number of halogens is 1. The molecule has 0 radical (unpaired) electrons. The Bertz CT molecular complexity index is 1540. The van der Waals surface area contributed by atoms with E-state index in [-0.39, 0.29) is 11.5 Å². The van der Waals surface area contributed by atoms with Gasteiger partial charge in [-0.05, 0) is 54.8 Å². The van der Waals surface area contributed by atoms with Gasteiger partial charge < -0.3 is 10.3 Å². The highest BCUT2D eigenvalue weighted by Crippen LogP contribution is 2.26. The second-order valence-electron chi connectivity index (χ2n) is 7.94. The van der Waals surface area contributed by atoms with Crippen LogP contribution in [-0.2, 0) is 0 Å². The molecule has 7 heteroatoms. The lowest BCUT2D eigenvalue weighted by molar-refractivity contribution is 0.0939. The number of nitrogens with one attached hydrogen (secondary N) is 2. The Hall–Kier alpha value is -4.16. The van der Waals surface area contributed by atoms with Crippen LogP contribution in [0.25, 0.3) is 27.7 Å². The number of aromatic nitrogens is 3. The van der Waals surface area contributed by atoms with Crippen molar-refractivity contribution in [2.45, 2.75) is 13.0 Å². The van der Waals surface area contributed by atoms with Crippen LogP contribution in [0.2, 0.25) is 5.02 Å². The predicted octanol–water partition coefficient (Wildman–Crippen LogP) is 5.53. The molecule has 2 N–H and O–H groups in total. The highest BCUT2D eigenvalue weighted by molar-refractivity contribution is 6.35. The molecule has 5 rings (SSSR count). The molecule has 3 heterocycles. The third kappa shape index (κ3) is 3.89. The molecule has 0 aliphatic rings. The summed E-state index contributed by atoms with van der Waals surface area (Å²) in [7, 11) is 0. The lowest BCUT2D eigenvalue weighted by Gasteiger charge is -2.21. The van der Waals surface area contributed by atoms with E-state index in [1.165, 1.54) is 0 Å². The smallest absolute Gasteiger partial charge is 0.264 e. The van der Waals surface area contributed by atoms with E-state index in [1.54, 1.807) is 41.4 Å². The summed E-state index contributed by atoms with van der Waals surface area (Å²) < 4.78 is 1.61. The quantitative estimate of drug-likeness (QED) is 0.356. The van der Waals surface area contributed by atoms with Gasteiger partial charge in [-0.25, -0.2) is 0 Å². The molecule has 0 spiro atoms. The zero-order valence-electron chi connectivity index (χ0n) is 18.3. The van der Waals surface area contributed by atoms with E-state index in [2.05, 4.69) is 15.3 Å². The molecule has 1 atom stereocenters. The van der Waals surface area contributed by atoms with Crippen molar-refractivity contribution in [2.75, 3.05) is 0 Å². The average molecular weight is 469 g/mol. The average Bonchev–Trinajstić information content (AvgIpc) is 3.39. The van der Waals surface area contributed by atoms with Crippen molar-refractivity contribution in [3.63, 3.8) is 0 Å². The minimum atomic E-state index is -0.483. The number of para-hydroxylation sites is 1. The summed E-state index contributed by atoms with van der Waals surface area (Å²) in [5.74, 6) is -0.282. The summed E-state index contributed by atoms with van der Waals surface area (Å²) in [6.07, 6.45) is 5.23. The lowest BCUT2D eigenvalue weighted by atomic mass is 10.1. The number of H-pyrrole nitrogens is 1. The number of benzene rings is 2. The second-order valence-corrected chi connectivity index (χ2v) is 8.35. The van der Waals surface area contributed by atoms with Crippen molar-refractivity contribution in [3.8, 4) is 16.9 Å². The molecule has 0 saturated heterocycles. The second kappa shape index (κ2) is 9.00. The number of hydrogen-bond donors (Lipinski definition) is 2. The molecule has 1 amide bonds. The molecular formula is C27H21ClN4O2. The van der Waals surface area contributed by atoms with Gasteiger partial charge >= 0.3 is 0 Å². The Labute approximate surface area is 200 Å². The molecule has 168 valence electrons. The molecule has 0 unspecified atom stereocenters. The number of amides is 1. The predicted molar refractivity (Wildman–Crippen MR) is 134 cm³/mol. The van der Waals surface area contributed by atoms with Crippen molar-refractivity contribution in [3.05, 3.63) is 118 Å². The Morgan fingerprint density at radius 3 is 2.65 bits per heavy atom. The minimum Gasteiger partial charge on any atom is -0.367 e. The van der Waals surface area contributed by atoms with E-state index in [4.69, 9.17) is 11.6 Å². The maximum absolute atomic E-state index is 13.6. The van der Waals surface area contributed by atoms with Gasteiger partial charge in [0.25, 0.3) is 11.5 Å². The lowest BCUT2D eigenvalue weighted by Crippen LogP contribution is -2.32. The van der Waals surface area contributed by atoms with Crippen LogP contribution in [0.15, 0.2) is 96.2 Å². The van der Waals surface area contributed by atoms with Gasteiger partial charge in [-0.3, -0.25) is 19.1 Å². The van der Waals surface area contributed by atoms with Crippen molar-refractivity contribution in [1.29, 1.82) is 0 Å². The number of carbonyl (C=O) groups excluding carboxylic acids is 1. The van der Waals surface area contributed by atoms with Crippen molar-refractivity contribution < 1.29 is 4.79 Å². The van der Waals surface area contributed by atoms with E-state index in [0.717, 1.165) is 10.9 Å². The van der Waals surface area contributed by atoms with Gasteiger partial charge in [-0.1, -0.05) is 41.9 Å². The largest absolute Gasteiger partial charge is 0.367 e. The Kier molecular flexibility index (Phi) is 5.74. The van der Waals surface area contributed by atoms with Crippen molar-refractivity contribution in [2.24, 2.45) is 0 Å². The number of fused-ring (bicyclic) bond motifs is 1. The third-order valence-corrected chi connectivity index (χ3v) is 6.07. The highest BCUT2D eigenvalue weighted by atomic mass is 35.5. The van der Waals surface area contributed by atoms with Gasteiger partial charge in [0.05, 0.1) is 27.7 Å². The van der Waals surface area contributed by atoms with E-state index in [9.17, 15) is 9.59 Å². The van der Waals surface area contributed by atoms with Crippen molar-refractivity contribution in [1.82, 2.24) is 19.9 Å². The SMILES string of the molecule is C[C@H](NC(=O)c1cccnc1-c1cc[nH]c1)c1cc2cccc(Cl)c2c(=O)n1-c1ccccc1. The van der Waals surface area contributed by atoms with Crippen LogP contribution < -0.4 is 10.9 Å². The third-order valence-electron chi connectivity index (χ3n) is 5.75. The van der Waals surface area contributed by atoms with Gasteiger partial charge in [0, 0.05) is 35.5 Å². The maximum atomic E-state index is 13.6. The van der Waals surface area contributed by atoms with E-state index < -0.39 is 6.04 Å². The first kappa shape index (κ1) is 21.7. The van der Waals surface area contributed by atoms with Crippen LogP contribution in [0, 0.1) is 0 Å².